The van der Waals surface area contributed by atoms with E-state index in [2.05, 4.69) is 17.1 Å². The van der Waals surface area contributed by atoms with Crippen LogP contribution in [0.5, 0.6) is 0 Å². The Kier molecular flexibility index (Phi) is 5.27. The van der Waals surface area contributed by atoms with E-state index in [4.69, 9.17) is 12.2 Å². The van der Waals surface area contributed by atoms with Gasteiger partial charge in [0.05, 0.1) is 4.88 Å². The number of hydrogen-bond acceptors (Lipinski definition) is 4. The van der Waals surface area contributed by atoms with Crippen LogP contribution in [0.4, 0.5) is 0 Å². The van der Waals surface area contributed by atoms with Gasteiger partial charge in [-0.1, -0.05) is 19.4 Å². The lowest BCUT2D eigenvalue weighted by Gasteiger charge is -2.32. The molecule has 0 spiro atoms. The fourth-order valence-electron chi connectivity index (χ4n) is 3.11. The molecule has 1 amide bonds. The van der Waals surface area contributed by atoms with Gasteiger partial charge in [0.1, 0.15) is 0 Å². The smallest absolute Gasteiger partial charge is 0.224 e. The lowest BCUT2D eigenvalue weighted by Crippen LogP contribution is -2.40. The summed E-state index contributed by atoms with van der Waals surface area (Å²) in [6.07, 6.45) is 3.99. The zero-order chi connectivity index (χ0) is 16.2. The molecule has 124 valence electrons. The summed E-state index contributed by atoms with van der Waals surface area (Å²) in [5, 5.41) is 9.16. The molecule has 0 radical (unpaired) electrons. The molecule has 1 unspecified atom stereocenters. The SMILES string of the molecule is CCC1CCCN(C(=O)CCn2c(-c3cccs3)n[nH]c2=S)C1. The molecule has 5 nitrogen and oxygen atoms in total. The predicted octanol–water partition coefficient (Wildman–Crippen LogP) is 3.71. The standard InChI is InChI=1S/C16H22N4OS2/c1-2-12-5-3-8-19(11-12)14(21)7-9-20-15(17-18-16(20)22)13-6-4-10-23-13/h4,6,10,12H,2-3,5,7-9,11H2,1H3,(H,18,22). The second kappa shape index (κ2) is 7.40. The van der Waals surface area contributed by atoms with Gasteiger partial charge >= 0.3 is 0 Å². The van der Waals surface area contributed by atoms with Crippen LogP contribution in [0.1, 0.15) is 32.6 Å². The van der Waals surface area contributed by atoms with Gasteiger partial charge in [-0.2, -0.15) is 5.10 Å². The van der Waals surface area contributed by atoms with Crippen molar-refractivity contribution < 1.29 is 4.79 Å². The normalized spacial score (nSPS) is 18.3. The van der Waals surface area contributed by atoms with Crippen LogP contribution < -0.4 is 0 Å². The monoisotopic (exact) mass is 350 g/mol. The molecule has 2 aromatic heterocycles. The maximum absolute atomic E-state index is 12.5. The van der Waals surface area contributed by atoms with Gasteiger partial charge in [-0.05, 0) is 42.4 Å². The highest BCUT2D eigenvalue weighted by Gasteiger charge is 2.22. The quantitative estimate of drug-likeness (QED) is 0.837. The number of likely N-dealkylation sites (tertiary alicyclic amines) is 1. The molecule has 1 atom stereocenters. The van der Waals surface area contributed by atoms with Gasteiger partial charge in [0, 0.05) is 26.1 Å². The first-order valence-electron chi connectivity index (χ1n) is 8.16. The number of carbonyl (C=O) groups is 1. The van der Waals surface area contributed by atoms with E-state index >= 15 is 0 Å². The van der Waals surface area contributed by atoms with Crippen LogP contribution in [0.2, 0.25) is 0 Å². The van der Waals surface area contributed by atoms with Gasteiger partial charge in [-0.3, -0.25) is 14.5 Å². The van der Waals surface area contributed by atoms with Gasteiger partial charge < -0.3 is 4.90 Å². The van der Waals surface area contributed by atoms with Crippen LogP contribution >= 0.6 is 23.6 Å². The van der Waals surface area contributed by atoms with Gasteiger partial charge in [-0.15, -0.1) is 11.3 Å². The third-order valence-corrected chi connectivity index (χ3v) is 5.68. The third-order valence-electron chi connectivity index (χ3n) is 4.50. The minimum Gasteiger partial charge on any atom is -0.342 e. The highest BCUT2D eigenvalue weighted by Crippen LogP contribution is 2.23. The minimum absolute atomic E-state index is 0.225. The average Bonchev–Trinajstić information content (AvgIpc) is 3.22. The number of amides is 1. The summed E-state index contributed by atoms with van der Waals surface area (Å²) < 4.78 is 2.51. The molecule has 0 aliphatic carbocycles. The van der Waals surface area contributed by atoms with Crippen LogP contribution in [0.25, 0.3) is 10.7 Å². The Morgan fingerprint density at radius 2 is 2.43 bits per heavy atom. The first-order valence-corrected chi connectivity index (χ1v) is 9.44. The fraction of sp³-hybridized carbons (Fsp3) is 0.562. The molecule has 3 heterocycles. The van der Waals surface area contributed by atoms with Crippen molar-refractivity contribution in [3.63, 3.8) is 0 Å². The maximum atomic E-state index is 12.5. The largest absolute Gasteiger partial charge is 0.342 e. The van der Waals surface area contributed by atoms with E-state index in [0.29, 0.717) is 23.7 Å². The Balaban J connectivity index is 1.66. The summed E-state index contributed by atoms with van der Waals surface area (Å²) >= 11 is 6.94. The summed E-state index contributed by atoms with van der Waals surface area (Å²) in [5.41, 5.74) is 0. The molecule has 23 heavy (non-hydrogen) atoms. The van der Waals surface area contributed by atoms with Crippen LogP contribution in [0.3, 0.4) is 0 Å². The number of nitrogens with one attached hydrogen (secondary N) is 1. The number of piperidine rings is 1. The molecule has 3 rings (SSSR count). The van der Waals surface area contributed by atoms with E-state index in [1.54, 1.807) is 11.3 Å². The summed E-state index contributed by atoms with van der Waals surface area (Å²) in [4.78, 5) is 15.6. The minimum atomic E-state index is 0.225. The molecule has 1 fully saturated rings. The zero-order valence-corrected chi connectivity index (χ0v) is 15.0. The Hall–Kier alpha value is -1.47. The number of rotatable bonds is 5. The van der Waals surface area contributed by atoms with Gasteiger partial charge in [0.2, 0.25) is 5.91 Å². The topological polar surface area (TPSA) is 53.9 Å². The van der Waals surface area contributed by atoms with E-state index in [-0.39, 0.29) is 5.91 Å². The van der Waals surface area contributed by atoms with Crippen molar-refractivity contribution in [3.8, 4) is 10.7 Å². The summed E-state index contributed by atoms with van der Waals surface area (Å²) in [6, 6.07) is 4.01. The average molecular weight is 351 g/mol. The number of carbonyl (C=O) groups excluding carboxylic acids is 1. The molecule has 2 aromatic rings. The zero-order valence-electron chi connectivity index (χ0n) is 13.3. The second-order valence-electron chi connectivity index (χ2n) is 5.99. The van der Waals surface area contributed by atoms with Crippen molar-refractivity contribution in [1.29, 1.82) is 0 Å². The van der Waals surface area contributed by atoms with E-state index < -0.39 is 0 Å². The molecule has 1 saturated heterocycles. The van der Waals surface area contributed by atoms with Crippen molar-refractivity contribution in [2.75, 3.05) is 13.1 Å². The van der Waals surface area contributed by atoms with Gasteiger partial charge in [0.25, 0.3) is 0 Å². The van der Waals surface area contributed by atoms with Gasteiger partial charge in [-0.25, -0.2) is 0 Å². The van der Waals surface area contributed by atoms with E-state index in [1.807, 2.05) is 27.0 Å². The number of H-pyrrole nitrogens is 1. The molecule has 7 heteroatoms. The molecule has 1 N–H and O–H groups in total. The molecule has 0 aromatic carbocycles. The third kappa shape index (κ3) is 3.72. The van der Waals surface area contributed by atoms with Crippen molar-refractivity contribution in [3.05, 3.63) is 22.3 Å². The van der Waals surface area contributed by atoms with Crippen molar-refractivity contribution in [1.82, 2.24) is 19.7 Å². The van der Waals surface area contributed by atoms with Crippen molar-refractivity contribution in [2.45, 2.75) is 39.2 Å². The predicted molar refractivity (Wildman–Crippen MR) is 94.9 cm³/mol. The second-order valence-corrected chi connectivity index (χ2v) is 7.32. The first kappa shape index (κ1) is 16.4. The maximum Gasteiger partial charge on any atom is 0.224 e. The molecule has 1 aliphatic heterocycles. The molecular formula is C16H22N4OS2. The Morgan fingerprint density at radius 1 is 1.57 bits per heavy atom. The Labute approximate surface area is 145 Å². The summed E-state index contributed by atoms with van der Waals surface area (Å²) in [5.74, 6) is 1.71. The van der Waals surface area contributed by atoms with Crippen LogP contribution in [-0.4, -0.2) is 38.7 Å². The number of hydrogen-bond donors (Lipinski definition) is 1. The number of thiophene rings is 1. The van der Waals surface area contributed by atoms with Gasteiger partial charge in [0.15, 0.2) is 10.6 Å². The molecule has 1 aliphatic rings. The lowest BCUT2D eigenvalue weighted by atomic mass is 9.95. The number of aromatic amines is 1. The lowest BCUT2D eigenvalue weighted by molar-refractivity contribution is -0.133. The fourth-order valence-corrected chi connectivity index (χ4v) is 4.05. The molecule has 0 saturated carbocycles. The van der Waals surface area contributed by atoms with Crippen LogP contribution in [0.15, 0.2) is 17.5 Å². The van der Waals surface area contributed by atoms with Crippen molar-refractivity contribution in [2.24, 2.45) is 5.92 Å². The van der Waals surface area contributed by atoms with Crippen LogP contribution in [0, 0.1) is 10.7 Å². The first-order chi connectivity index (χ1) is 11.2. The van der Waals surface area contributed by atoms with E-state index in [1.165, 1.54) is 6.42 Å². The highest BCUT2D eigenvalue weighted by atomic mass is 32.1. The number of nitrogens with zero attached hydrogens (tertiary/aromatic N) is 3. The van der Waals surface area contributed by atoms with Crippen LogP contribution in [-0.2, 0) is 11.3 Å². The highest BCUT2D eigenvalue weighted by molar-refractivity contribution is 7.71. The molecule has 0 bridgehead atoms. The summed E-state index contributed by atoms with van der Waals surface area (Å²) in [6.45, 7) is 4.58. The van der Waals surface area contributed by atoms with Crippen molar-refractivity contribution >= 4 is 29.5 Å². The Morgan fingerprint density at radius 3 is 3.17 bits per heavy atom. The van der Waals surface area contributed by atoms with E-state index in [9.17, 15) is 4.79 Å². The summed E-state index contributed by atoms with van der Waals surface area (Å²) in [7, 11) is 0. The van der Waals surface area contributed by atoms with E-state index in [0.717, 1.165) is 36.6 Å². The number of aromatic nitrogens is 3. The Bertz CT molecular complexity index is 704. The molecular weight excluding hydrogens is 328 g/mol.